The van der Waals surface area contributed by atoms with E-state index < -0.39 is 0 Å². The molecular weight excluding hydrogens is 312 g/mol. The van der Waals surface area contributed by atoms with Gasteiger partial charge in [0, 0.05) is 43.6 Å². The van der Waals surface area contributed by atoms with Crippen LogP contribution in [0.2, 0.25) is 0 Å². The molecule has 5 heteroatoms. The van der Waals surface area contributed by atoms with Gasteiger partial charge in [0.25, 0.3) is 0 Å². The number of rotatable bonds is 2. The third kappa shape index (κ3) is 3.02. The maximum atomic E-state index is 6.51. The van der Waals surface area contributed by atoms with Crippen LogP contribution in [0.4, 0.5) is 11.6 Å². The zero-order valence-corrected chi connectivity index (χ0v) is 15.1. The normalized spacial score (nSPS) is 20.5. The van der Waals surface area contributed by atoms with Gasteiger partial charge in [0.1, 0.15) is 0 Å². The van der Waals surface area contributed by atoms with Gasteiger partial charge < -0.3 is 14.5 Å². The molecular formula is C20H26N4O. The van der Waals surface area contributed by atoms with E-state index in [1.807, 2.05) is 6.07 Å². The van der Waals surface area contributed by atoms with Crippen LogP contribution in [-0.4, -0.2) is 47.2 Å². The Morgan fingerprint density at radius 2 is 1.72 bits per heavy atom. The van der Waals surface area contributed by atoms with Crippen LogP contribution in [0, 0.1) is 0 Å². The second kappa shape index (κ2) is 6.73. The van der Waals surface area contributed by atoms with Gasteiger partial charge in [0.2, 0.25) is 5.95 Å². The van der Waals surface area contributed by atoms with Gasteiger partial charge in [-0.25, -0.2) is 9.97 Å². The number of hydrogen-bond acceptors (Lipinski definition) is 5. The Balaban J connectivity index is 1.71. The minimum atomic E-state index is -0.189. The Morgan fingerprint density at radius 1 is 1.00 bits per heavy atom. The van der Waals surface area contributed by atoms with Crippen LogP contribution >= 0.6 is 0 Å². The molecule has 0 radical (unpaired) electrons. The van der Waals surface area contributed by atoms with Crippen LogP contribution in [0.3, 0.4) is 0 Å². The minimum Gasteiger partial charge on any atom is -0.368 e. The average molecular weight is 338 g/mol. The molecule has 0 atom stereocenters. The number of benzene rings is 1. The molecule has 0 unspecified atom stereocenters. The van der Waals surface area contributed by atoms with Gasteiger partial charge >= 0.3 is 0 Å². The SMILES string of the molecule is CC(C)N1CCC2(CC1)OCCN(c1ncccn1)c1ccccc12. The maximum absolute atomic E-state index is 6.51. The smallest absolute Gasteiger partial charge is 0.229 e. The van der Waals surface area contributed by atoms with Crippen LogP contribution in [0.25, 0.3) is 0 Å². The maximum Gasteiger partial charge on any atom is 0.229 e. The van der Waals surface area contributed by atoms with E-state index in [2.05, 4.69) is 57.9 Å². The molecule has 1 spiro atoms. The first-order valence-corrected chi connectivity index (χ1v) is 9.22. The molecule has 0 bridgehead atoms. The molecule has 4 rings (SSSR count). The molecule has 1 fully saturated rings. The quantitative estimate of drug-likeness (QED) is 0.840. The number of para-hydroxylation sites is 1. The average Bonchev–Trinajstić information content (AvgIpc) is 2.81. The van der Waals surface area contributed by atoms with Crippen LogP contribution in [-0.2, 0) is 10.3 Å². The van der Waals surface area contributed by atoms with Crippen LogP contribution in [0.5, 0.6) is 0 Å². The van der Waals surface area contributed by atoms with E-state index >= 15 is 0 Å². The van der Waals surface area contributed by atoms with E-state index in [4.69, 9.17) is 4.74 Å². The second-order valence-corrected chi connectivity index (χ2v) is 7.19. The molecule has 1 aromatic heterocycles. The first-order valence-electron chi connectivity index (χ1n) is 9.22. The molecule has 1 saturated heterocycles. The van der Waals surface area contributed by atoms with Crippen molar-refractivity contribution in [3.63, 3.8) is 0 Å². The summed E-state index contributed by atoms with van der Waals surface area (Å²) in [6, 6.07) is 11.1. The molecule has 2 aromatic rings. The van der Waals surface area contributed by atoms with Crippen molar-refractivity contribution in [3.05, 3.63) is 48.3 Å². The van der Waals surface area contributed by atoms with Gasteiger partial charge in [-0.2, -0.15) is 0 Å². The molecule has 5 nitrogen and oxygen atoms in total. The highest BCUT2D eigenvalue weighted by Crippen LogP contribution is 2.44. The van der Waals surface area contributed by atoms with E-state index in [1.165, 1.54) is 11.3 Å². The summed E-state index contributed by atoms with van der Waals surface area (Å²) in [5.41, 5.74) is 2.28. The number of anilines is 2. The number of nitrogens with zero attached hydrogens (tertiary/aromatic N) is 4. The van der Waals surface area contributed by atoms with Crippen molar-refractivity contribution in [3.8, 4) is 0 Å². The lowest BCUT2D eigenvalue weighted by Gasteiger charge is -2.43. The van der Waals surface area contributed by atoms with Crippen molar-refractivity contribution >= 4 is 11.6 Å². The Labute approximate surface area is 149 Å². The Hall–Kier alpha value is -1.98. The number of aromatic nitrogens is 2. The van der Waals surface area contributed by atoms with Gasteiger partial charge in [-0.05, 0) is 38.8 Å². The van der Waals surface area contributed by atoms with Crippen molar-refractivity contribution < 1.29 is 4.74 Å². The monoisotopic (exact) mass is 338 g/mol. The van der Waals surface area contributed by atoms with Crippen LogP contribution in [0.1, 0.15) is 32.3 Å². The molecule has 2 aliphatic rings. The van der Waals surface area contributed by atoms with Gasteiger partial charge in [0.05, 0.1) is 17.9 Å². The van der Waals surface area contributed by atoms with Crippen LogP contribution < -0.4 is 4.90 Å². The molecule has 0 aliphatic carbocycles. The number of piperidine rings is 1. The molecule has 25 heavy (non-hydrogen) atoms. The lowest BCUT2D eigenvalue weighted by molar-refractivity contribution is -0.0872. The largest absolute Gasteiger partial charge is 0.368 e. The Kier molecular flexibility index (Phi) is 4.44. The summed E-state index contributed by atoms with van der Waals surface area (Å²) in [5, 5.41) is 0. The summed E-state index contributed by atoms with van der Waals surface area (Å²) in [6.07, 6.45) is 5.67. The summed E-state index contributed by atoms with van der Waals surface area (Å²) in [7, 11) is 0. The highest BCUT2D eigenvalue weighted by molar-refractivity contribution is 5.64. The van der Waals surface area contributed by atoms with Crippen molar-refractivity contribution in [1.29, 1.82) is 0 Å². The molecule has 0 saturated carbocycles. The van der Waals surface area contributed by atoms with Gasteiger partial charge in [-0.3, -0.25) is 0 Å². The zero-order valence-electron chi connectivity index (χ0n) is 15.1. The fourth-order valence-electron chi connectivity index (χ4n) is 4.08. The number of hydrogen-bond donors (Lipinski definition) is 0. The molecule has 132 valence electrons. The minimum absolute atomic E-state index is 0.189. The summed E-state index contributed by atoms with van der Waals surface area (Å²) in [6.45, 7) is 8.16. The predicted molar refractivity (Wildman–Crippen MR) is 99.1 cm³/mol. The zero-order chi connectivity index (χ0) is 17.3. The van der Waals surface area contributed by atoms with Gasteiger partial charge in [-0.15, -0.1) is 0 Å². The fraction of sp³-hybridized carbons (Fsp3) is 0.500. The Morgan fingerprint density at radius 3 is 2.44 bits per heavy atom. The molecule has 0 N–H and O–H groups in total. The van der Waals surface area contributed by atoms with E-state index in [0.717, 1.165) is 38.4 Å². The van der Waals surface area contributed by atoms with E-state index in [9.17, 15) is 0 Å². The lowest BCUT2D eigenvalue weighted by Crippen LogP contribution is -2.46. The lowest BCUT2D eigenvalue weighted by atomic mass is 9.82. The van der Waals surface area contributed by atoms with Crippen molar-refractivity contribution in [2.75, 3.05) is 31.1 Å². The predicted octanol–water partition coefficient (Wildman–Crippen LogP) is 3.34. The number of fused-ring (bicyclic) bond motifs is 2. The summed E-state index contributed by atoms with van der Waals surface area (Å²) in [5.74, 6) is 0.746. The molecule has 3 heterocycles. The first-order chi connectivity index (χ1) is 12.2. The van der Waals surface area contributed by atoms with Gasteiger partial charge in [-0.1, -0.05) is 18.2 Å². The topological polar surface area (TPSA) is 41.5 Å². The van der Waals surface area contributed by atoms with E-state index in [-0.39, 0.29) is 5.60 Å². The third-order valence-corrected chi connectivity index (χ3v) is 5.51. The molecule has 0 amide bonds. The summed E-state index contributed by atoms with van der Waals surface area (Å²) < 4.78 is 6.51. The molecule has 2 aliphatic heterocycles. The number of ether oxygens (including phenoxy) is 1. The van der Waals surface area contributed by atoms with Gasteiger partial charge in [0.15, 0.2) is 0 Å². The van der Waals surface area contributed by atoms with E-state index in [1.54, 1.807) is 12.4 Å². The highest BCUT2D eigenvalue weighted by atomic mass is 16.5. The summed E-state index contributed by atoms with van der Waals surface area (Å²) >= 11 is 0. The fourth-order valence-corrected chi connectivity index (χ4v) is 4.08. The summed E-state index contributed by atoms with van der Waals surface area (Å²) in [4.78, 5) is 13.7. The second-order valence-electron chi connectivity index (χ2n) is 7.19. The Bertz CT molecular complexity index is 711. The first kappa shape index (κ1) is 16.5. The highest BCUT2D eigenvalue weighted by Gasteiger charge is 2.41. The van der Waals surface area contributed by atoms with Crippen molar-refractivity contribution in [2.45, 2.75) is 38.3 Å². The van der Waals surface area contributed by atoms with Crippen molar-refractivity contribution in [1.82, 2.24) is 14.9 Å². The molecule has 1 aromatic carbocycles. The van der Waals surface area contributed by atoms with Crippen molar-refractivity contribution in [2.24, 2.45) is 0 Å². The third-order valence-electron chi connectivity index (χ3n) is 5.51. The van der Waals surface area contributed by atoms with Crippen LogP contribution in [0.15, 0.2) is 42.7 Å². The number of likely N-dealkylation sites (tertiary alicyclic amines) is 1. The standard InChI is InChI=1S/C20H26N4O/c1-16(2)23-12-8-20(9-13-23)17-6-3-4-7-18(17)24(14-15-25-20)19-21-10-5-11-22-19/h3-7,10-11,16H,8-9,12-15H2,1-2H3. The van der Waals surface area contributed by atoms with E-state index in [0.29, 0.717) is 12.6 Å².